The van der Waals surface area contributed by atoms with Gasteiger partial charge in [0, 0.05) is 40.2 Å². The highest BCUT2D eigenvalue weighted by atomic mass is 35.5. The van der Waals surface area contributed by atoms with Crippen LogP contribution in [0.4, 0.5) is 0 Å². The Morgan fingerprint density at radius 2 is 1.97 bits per heavy atom. The van der Waals surface area contributed by atoms with Crippen molar-refractivity contribution in [2.75, 3.05) is 7.11 Å². The summed E-state index contributed by atoms with van der Waals surface area (Å²) in [5.41, 5.74) is 3.03. The van der Waals surface area contributed by atoms with E-state index in [0.29, 0.717) is 22.0 Å². The summed E-state index contributed by atoms with van der Waals surface area (Å²) in [6.45, 7) is 0.0325. The van der Waals surface area contributed by atoms with Crippen molar-refractivity contribution < 1.29 is 14.3 Å². The number of esters is 1. The summed E-state index contributed by atoms with van der Waals surface area (Å²) in [5, 5.41) is 2.19. The number of ether oxygens (including phenoxy) is 2. The van der Waals surface area contributed by atoms with Gasteiger partial charge in [-0.15, -0.1) is 0 Å². The zero-order valence-corrected chi connectivity index (χ0v) is 16.4. The minimum Gasteiger partial charge on any atom is -0.497 e. The lowest BCUT2D eigenvalue weighted by molar-refractivity contribution is -0.138. The maximum absolute atomic E-state index is 12.2. The highest BCUT2D eigenvalue weighted by Gasteiger charge is 2.08. The van der Waals surface area contributed by atoms with E-state index in [1.54, 1.807) is 25.4 Å². The van der Waals surface area contributed by atoms with E-state index in [4.69, 9.17) is 21.1 Å². The number of hydrogen-bond acceptors (Lipinski definition) is 5. The first-order valence-corrected chi connectivity index (χ1v) is 9.33. The molecule has 0 saturated carbocycles. The minimum absolute atomic E-state index is 0.0325. The van der Waals surface area contributed by atoms with Crippen LogP contribution in [0.5, 0.6) is 5.75 Å². The summed E-state index contributed by atoms with van der Waals surface area (Å²) in [6, 6.07) is 17.0. The molecule has 0 bridgehead atoms. The molecule has 2 aromatic carbocycles. The fourth-order valence-corrected chi connectivity index (χ4v) is 3.21. The van der Waals surface area contributed by atoms with E-state index in [-0.39, 0.29) is 6.61 Å². The highest BCUT2D eigenvalue weighted by Crippen LogP contribution is 2.25. The standard InChI is InChI=1S/C23H17ClN2O3/c1-28-19-9-7-17-12-18(23(24)26-20(17)13-19)14-29-21(27)10-8-16-5-2-4-15-6-3-11-25-22(15)16/h2-13H,14H2,1H3/b10-8+. The molecule has 0 aliphatic rings. The summed E-state index contributed by atoms with van der Waals surface area (Å²) >= 11 is 6.25. The van der Waals surface area contributed by atoms with Gasteiger partial charge < -0.3 is 9.47 Å². The lowest BCUT2D eigenvalue weighted by Crippen LogP contribution is -2.02. The van der Waals surface area contributed by atoms with Crippen molar-refractivity contribution in [1.29, 1.82) is 0 Å². The molecule has 0 saturated heterocycles. The number of hydrogen-bond donors (Lipinski definition) is 0. The summed E-state index contributed by atoms with van der Waals surface area (Å²) in [6.07, 6.45) is 4.81. The van der Waals surface area contributed by atoms with E-state index < -0.39 is 5.97 Å². The Morgan fingerprint density at radius 1 is 1.10 bits per heavy atom. The smallest absolute Gasteiger partial charge is 0.331 e. The Hall–Kier alpha value is -3.44. The number of rotatable bonds is 5. The number of methoxy groups -OCH3 is 1. The van der Waals surface area contributed by atoms with Crippen LogP contribution >= 0.6 is 11.6 Å². The summed E-state index contributed by atoms with van der Waals surface area (Å²) in [4.78, 5) is 20.9. The third-order valence-corrected chi connectivity index (χ3v) is 4.81. The van der Waals surface area contributed by atoms with E-state index in [1.807, 2.05) is 48.5 Å². The highest BCUT2D eigenvalue weighted by molar-refractivity contribution is 6.30. The van der Waals surface area contributed by atoms with Crippen LogP contribution in [0.25, 0.3) is 27.9 Å². The Labute approximate surface area is 172 Å². The Balaban J connectivity index is 1.48. The summed E-state index contributed by atoms with van der Waals surface area (Å²) < 4.78 is 10.5. The zero-order chi connectivity index (χ0) is 20.2. The van der Waals surface area contributed by atoms with Gasteiger partial charge in [-0.3, -0.25) is 4.98 Å². The van der Waals surface area contributed by atoms with E-state index in [9.17, 15) is 4.79 Å². The molecule has 0 spiro atoms. The maximum Gasteiger partial charge on any atom is 0.331 e. The number of carbonyl (C=O) groups excluding carboxylic acids is 1. The van der Waals surface area contributed by atoms with Crippen LogP contribution in [0.1, 0.15) is 11.1 Å². The number of para-hydroxylation sites is 1. The Bertz CT molecular complexity index is 1230. The largest absolute Gasteiger partial charge is 0.497 e. The van der Waals surface area contributed by atoms with Crippen LogP contribution < -0.4 is 4.74 Å². The van der Waals surface area contributed by atoms with Gasteiger partial charge in [-0.1, -0.05) is 35.9 Å². The monoisotopic (exact) mass is 404 g/mol. The third-order valence-electron chi connectivity index (χ3n) is 4.48. The SMILES string of the molecule is COc1ccc2cc(COC(=O)/C=C/c3cccc4cccnc34)c(Cl)nc2c1. The van der Waals surface area contributed by atoms with Crippen molar-refractivity contribution >= 4 is 45.5 Å². The molecule has 2 aromatic heterocycles. The number of nitrogens with zero attached hydrogens (tertiary/aromatic N) is 2. The number of halogens is 1. The Kier molecular flexibility index (Phi) is 5.40. The van der Waals surface area contributed by atoms with Gasteiger partial charge >= 0.3 is 5.97 Å². The first kappa shape index (κ1) is 18.9. The van der Waals surface area contributed by atoms with E-state index in [2.05, 4.69) is 9.97 Å². The summed E-state index contributed by atoms with van der Waals surface area (Å²) in [5.74, 6) is 0.233. The van der Waals surface area contributed by atoms with Crippen LogP contribution in [-0.2, 0) is 16.1 Å². The van der Waals surface area contributed by atoms with Gasteiger partial charge in [0.05, 0.1) is 18.1 Å². The number of carbonyl (C=O) groups is 1. The fourth-order valence-electron chi connectivity index (χ4n) is 3.01. The van der Waals surface area contributed by atoms with Gasteiger partial charge in [0.25, 0.3) is 0 Å². The molecule has 0 aliphatic heterocycles. The average molecular weight is 405 g/mol. The fraction of sp³-hybridized carbons (Fsp3) is 0.0870. The molecule has 0 aliphatic carbocycles. The first-order chi connectivity index (χ1) is 14.1. The van der Waals surface area contributed by atoms with Crippen LogP contribution in [0.2, 0.25) is 5.15 Å². The number of benzene rings is 2. The molecule has 0 amide bonds. The second-order valence-electron chi connectivity index (χ2n) is 6.36. The van der Waals surface area contributed by atoms with Crippen LogP contribution in [0.3, 0.4) is 0 Å². The van der Waals surface area contributed by atoms with Gasteiger partial charge in [-0.05, 0) is 30.3 Å². The van der Waals surface area contributed by atoms with Gasteiger partial charge in [0.1, 0.15) is 17.5 Å². The molecule has 5 nitrogen and oxygen atoms in total. The molecule has 0 N–H and O–H groups in total. The second kappa shape index (κ2) is 8.29. The molecular formula is C23H17ClN2O3. The first-order valence-electron chi connectivity index (χ1n) is 8.96. The maximum atomic E-state index is 12.2. The minimum atomic E-state index is -0.469. The number of fused-ring (bicyclic) bond motifs is 2. The lowest BCUT2D eigenvalue weighted by atomic mass is 10.1. The molecule has 144 valence electrons. The molecule has 2 heterocycles. The van der Waals surface area contributed by atoms with Gasteiger partial charge in [-0.2, -0.15) is 0 Å². The number of pyridine rings is 2. The Morgan fingerprint density at radius 3 is 2.83 bits per heavy atom. The normalized spacial score (nSPS) is 11.2. The van der Waals surface area contributed by atoms with Crippen molar-refractivity contribution in [3.8, 4) is 5.75 Å². The average Bonchev–Trinajstić information content (AvgIpc) is 2.75. The quantitative estimate of drug-likeness (QED) is 0.260. The number of aromatic nitrogens is 2. The predicted molar refractivity (Wildman–Crippen MR) is 114 cm³/mol. The summed E-state index contributed by atoms with van der Waals surface area (Å²) in [7, 11) is 1.60. The molecule has 0 radical (unpaired) electrons. The van der Waals surface area contributed by atoms with Crippen molar-refractivity contribution in [2.45, 2.75) is 6.61 Å². The second-order valence-corrected chi connectivity index (χ2v) is 6.72. The molecule has 0 fully saturated rings. The predicted octanol–water partition coefficient (Wildman–Crippen LogP) is 5.20. The van der Waals surface area contributed by atoms with Crippen molar-refractivity contribution in [3.63, 3.8) is 0 Å². The van der Waals surface area contributed by atoms with E-state index in [0.717, 1.165) is 21.9 Å². The van der Waals surface area contributed by atoms with E-state index in [1.165, 1.54) is 6.08 Å². The molecule has 0 unspecified atom stereocenters. The molecule has 4 aromatic rings. The van der Waals surface area contributed by atoms with Crippen LogP contribution in [-0.4, -0.2) is 23.0 Å². The lowest BCUT2D eigenvalue weighted by Gasteiger charge is -2.08. The van der Waals surface area contributed by atoms with Crippen LogP contribution in [0, 0.1) is 0 Å². The third kappa shape index (κ3) is 4.20. The van der Waals surface area contributed by atoms with Crippen molar-refractivity contribution in [3.05, 3.63) is 83.2 Å². The molecule has 0 atom stereocenters. The molecule has 6 heteroatoms. The van der Waals surface area contributed by atoms with Crippen molar-refractivity contribution in [1.82, 2.24) is 9.97 Å². The van der Waals surface area contributed by atoms with E-state index >= 15 is 0 Å². The molecular weight excluding hydrogens is 388 g/mol. The van der Waals surface area contributed by atoms with Crippen LogP contribution in [0.15, 0.2) is 66.9 Å². The molecule has 4 rings (SSSR count). The van der Waals surface area contributed by atoms with Gasteiger partial charge in [0.2, 0.25) is 0 Å². The van der Waals surface area contributed by atoms with Crippen molar-refractivity contribution in [2.24, 2.45) is 0 Å². The topological polar surface area (TPSA) is 61.3 Å². The van der Waals surface area contributed by atoms with Gasteiger partial charge in [0.15, 0.2) is 0 Å². The van der Waals surface area contributed by atoms with Gasteiger partial charge in [-0.25, -0.2) is 9.78 Å². The zero-order valence-electron chi connectivity index (χ0n) is 15.6. The molecule has 29 heavy (non-hydrogen) atoms.